The minimum absolute atomic E-state index is 0.0644. The highest BCUT2D eigenvalue weighted by Crippen LogP contribution is 2.28. The Labute approximate surface area is 163 Å². The number of hydrogen-bond acceptors (Lipinski definition) is 6. The zero-order valence-electron chi connectivity index (χ0n) is 16.2. The van der Waals surface area contributed by atoms with Crippen LogP contribution in [0.25, 0.3) is 11.5 Å². The summed E-state index contributed by atoms with van der Waals surface area (Å²) in [5.41, 5.74) is 1.54. The van der Waals surface area contributed by atoms with Crippen LogP contribution >= 0.6 is 0 Å². The number of hydrogen-bond donors (Lipinski definition) is 0. The van der Waals surface area contributed by atoms with Crippen LogP contribution in [0.1, 0.15) is 29.7 Å². The van der Waals surface area contributed by atoms with Crippen molar-refractivity contribution < 1.29 is 9.21 Å². The summed E-state index contributed by atoms with van der Waals surface area (Å²) in [5.74, 6) is 2.02. The van der Waals surface area contributed by atoms with Crippen LogP contribution in [-0.2, 0) is 13.5 Å². The Morgan fingerprint density at radius 2 is 1.96 bits per heavy atom. The number of pyridine rings is 1. The molecule has 8 nitrogen and oxygen atoms in total. The van der Waals surface area contributed by atoms with Gasteiger partial charge in [-0.2, -0.15) is 0 Å². The van der Waals surface area contributed by atoms with Crippen molar-refractivity contribution >= 4 is 11.7 Å². The number of rotatable bonds is 5. The van der Waals surface area contributed by atoms with Gasteiger partial charge in [0.25, 0.3) is 11.8 Å². The van der Waals surface area contributed by atoms with Gasteiger partial charge in [-0.1, -0.05) is 6.92 Å². The lowest BCUT2D eigenvalue weighted by Crippen LogP contribution is -2.49. The molecule has 0 unspecified atom stereocenters. The number of aromatic nitrogens is 4. The van der Waals surface area contributed by atoms with E-state index in [1.807, 2.05) is 47.0 Å². The smallest absolute Gasteiger partial charge is 0.270 e. The lowest BCUT2D eigenvalue weighted by atomic mass is 10.2. The summed E-state index contributed by atoms with van der Waals surface area (Å²) in [7, 11) is 1.89. The first kappa shape index (κ1) is 18.2. The number of amides is 1. The molecule has 146 valence electrons. The summed E-state index contributed by atoms with van der Waals surface area (Å²) >= 11 is 0. The molecule has 0 N–H and O–H groups in total. The van der Waals surface area contributed by atoms with E-state index in [-0.39, 0.29) is 5.91 Å². The van der Waals surface area contributed by atoms with Gasteiger partial charge in [-0.3, -0.25) is 4.79 Å². The number of anilines is 1. The van der Waals surface area contributed by atoms with Gasteiger partial charge in [0.2, 0.25) is 5.89 Å². The van der Waals surface area contributed by atoms with E-state index in [2.05, 4.69) is 27.0 Å². The van der Waals surface area contributed by atoms with Crippen molar-refractivity contribution in [1.29, 1.82) is 0 Å². The maximum Gasteiger partial charge on any atom is 0.270 e. The molecule has 1 aliphatic heterocycles. The first-order valence-corrected chi connectivity index (χ1v) is 9.60. The van der Waals surface area contributed by atoms with Gasteiger partial charge in [-0.25, -0.2) is 4.98 Å². The minimum atomic E-state index is 0.0644. The van der Waals surface area contributed by atoms with Crippen LogP contribution in [0.15, 0.2) is 41.1 Å². The lowest BCUT2D eigenvalue weighted by molar-refractivity contribution is 0.0737. The molecule has 0 saturated carbocycles. The average molecular weight is 380 g/mol. The first-order chi connectivity index (χ1) is 13.7. The Hall–Kier alpha value is -3.16. The molecule has 1 amide bonds. The summed E-state index contributed by atoms with van der Waals surface area (Å²) in [5, 5.41) is 8.32. The maximum absolute atomic E-state index is 12.7. The second-order valence-corrected chi connectivity index (χ2v) is 6.91. The zero-order valence-corrected chi connectivity index (χ0v) is 16.2. The quantitative estimate of drug-likeness (QED) is 0.676. The molecule has 28 heavy (non-hydrogen) atoms. The molecule has 8 heteroatoms. The predicted molar refractivity (Wildman–Crippen MR) is 105 cm³/mol. The summed E-state index contributed by atoms with van der Waals surface area (Å²) < 4.78 is 7.66. The second kappa shape index (κ2) is 7.84. The highest BCUT2D eigenvalue weighted by molar-refractivity contribution is 5.93. The van der Waals surface area contributed by atoms with Crippen molar-refractivity contribution in [2.75, 3.05) is 31.1 Å². The van der Waals surface area contributed by atoms with Gasteiger partial charge in [0.05, 0.1) is 5.56 Å². The fraction of sp³-hybridized carbons (Fsp3) is 0.400. The normalized spacial score (nSPS) is 14.5. The molecular formula is C20H24N6O2. The van der Waals surface area contributed by atoms with Crippen LogP contribution in [0.5, 0.6) is 0 Å². The van der Waals surface area contributed by atoms with Crippen molar-refractivity contribution in [3.63, 3.8) is 0 Å². The van der Waals surface area contributed by atoms with Crippen molar-refractivity contribution in [3.05, 3.63) is 48.2 Å². The Bertz CT molecular complexity index is 955. The standard InChI is InChI=1S/C20H24N6O2/c1-3-6-17-22-23-19(28-17)15-7-4-9-21-18(15)25-11-13-26(14-12-25)20(27)16-8-5-10-24(16)2/h4-5,7-10H,3,6,11-14H2,1-2H3. The van der Waals surface area contributed by atoms with Gasteiger partial charge in [0.1, 0.15) is 11.5 Å². The third kappa shape index (κ3) is 3.49. The predicted octanol–water partition coefficient (Wildman–Crippen LogP) is 2.39. The first-order valence-electron chi connectivity index (χ1n) is 9.60. The summed E-state index contributed by atoms with van der Waals surface area (Å²) in [6.07, 6.45) is 5.38. The summed E-state index contributed by atoms with van der Waals surface area (Å²) in [6, 6.07) is 7.57. The van der Waals surface area contributed by atoms with Crippen LogP contribution in [0.4, 0.5) is 5.82 Å². The van der Waals surface area contributed by atoms with Gasteiger partial charge < -0.3 is 18.8 Å². The molecular weight excluding hydrogens is 356 g/mol. The number of aryl methyl sites for hydroxylation is 2. The molecule has 0 radical (unpaired) electrons. The van der Waals surface area contributed by atoms with E-state index in [9.17, 15) is 4.79 Å². The van der Waals surface area contributed by atoms with E-state index < -0.39 is 0 Å². The van der Waals surface area contributed by atoms with E-state index in [1.165, 1.54) is 0 Å². The Balaban J connectivity index is 1.49. The summed E-state index contributed by atoms with van der Waals surface area (Å²) in [4.78, 5) is 21.3. The number of nitrogens with zero attached hydrogens (tertiary/aromatic N) is 6. The molecule has 1 fully saturated rings. The second-order valence-electron chi connectivity index (χ2n) is 6.91. The van der Waals surface area contributed by atoms with Crippen molar-refractivity contribution in [2.45, 2.75) is 19.8 Å². The fourth-order valence-corrected chi connectivity index (χ4v) is 3.46. The molecule has 1 aliphatic rings. The average Bonchev–Trinajstić information content (AvgIpc) is 3.37. The van der Waals surface area contributed by atoms with E-state index in [0.717, 1.165) is 24.2 Å². The van der Waals surface area contributed by atoms with Gasteiger partial charge in [-0.15, -0.1) is 10.2 Å². The topological polar surface area (TPSA) is 80.3 Å². The third-order valence-electron chi connectivity index (χ3n) is 4.98. The zero-order chi connectivity index (χ0) is 19.5. The lowest BCUT2D eigenvalue weighted by Gasteiger charge is -2.36. The SMILES string of the molecule is CCCc1nnc(-c2cccnc2N2CCN(C(=O)c3cccn3C)CC2)o1. The third-order valence-corrected chi connectivity index (χ3v) is 4.98. The van der Waals surface area contributed by atoms with E-state index in [0.29, 0.717) is 43.7 Å². The molecule has 3 aromatic heterocycles. The van der Waals surface area contributed by atoms with Crippen LogP contribution < -0.4 is 4.90 Å². The van der Waals surface area contributed by atoms with Gasteiger partial charge in [-0.05, 0) is 30.7 Å². The molecule has 3 aromatic rings. The van der Waals surface area contributed by atoms with Gasteiger partial charge in [0.15, 0.2) is 0 Å². The van der Waals surface area contributed by atoms with Gasteiger partial charge in [0, 0.05) is 52.0 Å². The summed E-state index contributed by atoms with van der Waals surface area (Å²) in [6.45, 7) is 4.78. The van der Waals surface area contributed by atoms with Crippen molar-refractivity contribution in [1.82, 2.24) is 24.6 Å². The molecule has 4 rings (SSSR count). The van der Waals surface area contributed by atoms with Gasteiger partial charge >= 0.3 is 0 Å². The van der Waals surface area contributed by atoms with Crippen LogP contribution in [0, 0.1) is 0 Å². The number of piperazine rings is 1. The highest BCUT2D eigenvalue weighted by atomic mass is 16.4. The van der Waals surface area contributed by atoms with E-state index in [4.69, 9.17) is 4.42 Å². The molecule has 0 aliphatic carbocycles. The molecule has 0 aromatic carbocycles. The van der Waals surface area contributed by atoms with E-state index in [1.54, 1.807) is 6.20 Å². The van der Waals surface area contributed by atoms with Crippen LogP contribution in [0.2, 0.25) is 0 Å². The molecule has 1 saturated heterocycles. The number of carbonyl (C=O) groups excluding carboxylic acids is 1. The van der Waals surface area contributed by atoms with Crippen LogP contribution in [-0.4, -0.2) is 56.7 Å². The number of carbonyl (C=O) groups is 1. The van der Waals surface area contributed by atoms with E-state index >= 15 is 0 Å². The molecule has 4 heterocycles. The van der Waals surface area contributed by atoms with Crippen LogP contribution in [0.3, 0.4) is 0 Å². The Morgan fingerprint density at radius 3 is 2.68 bits per heavy atom. The molecule has 0 atom stereocenters. The maximum atomic E-state index is 12.7. The molecule has 0 bridgehead atoms. The van der Waals surface area contributed by atoms with Crippen molar-refractivity contribution in [3.8, 4) is 11.5 Å². The molecule has 0 spiro atoms. The Kier molecular flexibility index (Phi) is 5.10. The van der Waals surface area contributed by atoms with Crippen molar-refractivity contribution in [2.24, 2.45) is 7.05 Å². The Morgan fingerprint density at radius 1 is 1.14 bits per heavy atom. The monoisotopic (exact) mass is 380 g/mol. The fourth-order valence-electron chi connectivity index (χ4n) is 3.46. The largest absolute Gasteiger partial charge is 0.421 e. The highest BCUT2D eigenvalue weighted by Gasteiger charge is 2.26. The minimum Gasteiger partial charge on any atom is -0.421 e.